The van der Waals surface area contributed by atoms with Crippen LogP contribution in [0.15, 0.2) is 91.0 Å². The number of benzene rings is 4. The minimum atomic E-state index is -0.289. The minimum Gasteiger partial charge on any atom is -0.457 e. The van der Waals surface area contributed by atoms with Gasteiger partial charge in [-0.3, -0.25) is 4.90 Å². The summed E-state index contributed by atoms with van der Waals surface area (Å²) in [5.74, 6) is 1.51. The molecular formula is C30H28ClN3O2. The normalized spacial score (nSPS) is 15.1. The van der Waals surface area contributed by atoms with Crippen LogP contribution >= 0.6 is 11.6 Å². The Bertz CT molecular complexity index is 1350. The van der Waals surface area contributed by atoms with Crippen LogP contribution in [0.1, 0.15) is 28.3 Å². The maximum absolute atomic E-state index is 12.3. The topological polar surface area (TPSA) is 53.6 Å². The molecule has 0 aromatic heterocycles. The van der Waals surface area contributed by atoms with Gasteiger partial charge in [-0.25, -0.2) is 4.79 Å². The maximum Gasteiger partial charge on any atom is 0.323 e. The molecule has 0 bridgehead atoms. The molecule has 36 heavy (non-hydrogen) atoms. The van der Waals surface area contributed by atoms with Gasteiger partial charge in [-0.2, -0.15) is 0 Å². The maximum atomic E-state index is 12.3. The van der Waals surface area contributed by atoms with Crippen LogP contribution in [0, 0.1) is 6.92 Å². The number of carbonyl (C=O) groups excluding carboxylic acids is 1. The Kier molecular flexibility index (Phi) is 6.94. The van der Waals surface area contributed by atoms with Crippen molar-refractivity contribution in [2.75, 3.05) is 24.2 Å². The van der Waals surface area contributed by atoms with Crippen LogP contribution in [0.5, 0.6) is 11.5 Å². The van der Waals surface area contributed by atoms with E-state index in [9.17, 15) is 4.79 Å². The highest BCUT2D eigenvalue weighted by Gasteiger charge is 2.26. The van der Waals surface area contributed by atoms with E-state index in [1.165, 1.54) is 16.7 Å². The number of carbonyl (C=O) groups is 1. The Labute approximate surface area is 216 Å². The van der Waals surface area contributed by atoms with E-state index in [2.05, 4.69) is 46.8 Å². The van der Waals surface area contributed by atoms with Crippen molar-refractivity contribution in [3.05, 3.63) is 118 Å². The highest BCUT2D eigenvalue weighted by atomic mass is 35.5. The SMILES string of the molecule is Cc1ccc(NC(=O)Nc2ccc(Oc3ccc4c(c3)CCN(C)C4c3ccc(Cl)cc3)cc2)cc1. The summed E-state index contributed by atoms with van der Waals surface area (Å²) in [4.78, 5) is 14.7. The number of anilines is 2. The van der Waals surface area contributed by atoms with Crippen LogP contribution in [0.2, 0.25) is 5.02 Å². The van der Waals surface area contributed by atoms with Gasteiger partial charge in [0, 0.05) is 22.9 Å². The number of likely N-dealkylation sites (N-methyl/N-ethyl adjacent to an activating group) is 1. The average Bonchev–Trinajstić information content (AvgIpc) is 2.87. The second-order valence-corrected chi connectivity index (χ2v) is 9.55. The third-order valence-electron chi connectivity index (χ3n) is 6.43. The van der Waals surface area contributed by atoms with Crippen molar-refractivity contribution in [2.24, 2.45) is 0 Å². The first kappa shape index (κ1) is 23.9. The second-order valence-electron chi connectivity index (χ2n) is 9.12. The predicted molar refractivity (Wildman–Crippen MR) is 146 cm³/mol. The standard InChI is InChI=1S/C30H28ClN3O2/c1-20-3-9-24(10-4-20)32-30(35)33-25-11-13-26(14-12-25)36-27-15-16-28-22(19-27)17-18-34(2)29(28)21-5-7-23(31)8-6-21/h3-16,19,29H,17-18H2,1-2H3,(H2,32,33,35). The molecule has 1 unspecified atom stereocenters. The number of rotatable bonds is 5. The molecule has 5 rings (SSSR count). The van der Waals surface area contributed by atoms with Gasteiger partial charge in [0.2, 0.25) is 0 Å². The van der Waals surface area contributed by atoms with E-state index in [0.717, 1.165) is 35.0 Å². The molecule has 0 spiro atoms. The van der Waals surface area contributed by atoms with E-state index >= 15 is 0 Å². The van der Waals surface area contributed by atoms with Crippen molar-refractivity contribution in [2.45, 2.75) is 19.4 Å². The average molecular weight is 498 g/mol. The molecule has 1 aliphatic rings. The first-order valence-electron chi connectivity index (χ1n) is 12.0. The van der Waals surface area contributed by atoms with E-state index in [1.54, 1.807) is 0 Å². The number of ether oxygens (including phenoxy) is 1. The number of amides is 2. The van der Waals surface area contributed by atoms with Crippen LogP contribution in [-0.4, -0.2) is 24.5 Å². The van der Waals surface area contributed by atoms with Crippen LogP contribution in [0.25, 0.3) is 0 Å². The van der Waals surface area contributed by atoms with Crippen molar-refractivity contribution in [1.82, 2.24) is 4.90 Å². The number of nitrogens with one attached hydrogen (secondary N) is 2. The van der Waals surface area contributed by atoms with Gasteiger partial charge in [-0.15, -0.1) is 0 Å². The van der Waals surface area contributed by atoms with E-state index in [1.807, 2.05) is 73.7 Å². The smallest absolute Gasteiger partial charge is 0.323 e. The van der Waals surface area contributed by atoms with Crippen LogP contribution in [0.4, 0.5) is 16.2 Å². The molecule has 4 aromatic carbocycles. The van der Waals surface area contributed by atoms with E-state index in [0.29, 0.717) is 11.4 Å². The van der Waals surface area contributed by atoms with Gasteiger partial charge in [0.05, 0.1) is 6.04 Å². The highest BCUT2D eigenvalue weighted by molar-refractivity contribution is 6.30. The molecule has 0 fully saturated rings. The molecule has 1 heterocycles. The fraction of sp³-hybridized carbons (Fsp3) is 0.167. The molecule has 182 valence electrons. The van der Waals surface area contributed by atoms with Crippen molar-refractivity contribution >= 4 is 29.0 Å². The minimum absolute atomic E-state index is 0.191. The number of halogens is 1. The lowest BCUT2D eigenvalue weighted by Crippen LogP contribution is -2.32. The largest absolute Gasteiger partial charge is 0.457 e. The summed E-state index contributed by atoms with van der Waals surface area (Å²) < 4.78 is 6.14. The van der Waals surface area contributed by atoms with Crippen molar-refractivity contribution < 1.29 is 9.53 Å². The predicted octanol–water partition coefficient (Wildman–Crippen LogP) is 7.66. The molecule has 0 saturated carbocycles. The zero-order valence-corrected chi connectivity index (χ0v) is 21.0. The van der Waals surface area contributed by atoms with Crippen LogP contribution in [-0.2, 0) is 6.42 Å². The Morgan fingerprint density at radius 2 is 1.47 bits per heavy atom. The van der Waals surface area contributed by atoms with E-state index in [4.69, 9.17) is 16.3 Å². The molecule has 1 atom stereocenters. The first-order chi connectivity index (χ1) is 17.4. The number of hydrogen-bond acceptors (Lipinski definition) is 3. The zero-order valence-electron chi connectivity index (χ0n) is 20.3. The lowest BCUT2D eigenvalue weighted by atomic mass is 9.88. The van der Waals surface area contributed by atoms with E-state index < -0.39 is 0 Å². The number of hydrogen-bond donors (Lipinski definition) is 2. The van der Waals surface area contributed by atoms with Gasteiger partial charge in [-0.1, -0.05) is 47.5 Å². The molecular weight excluding hydrogens is 470 g/mol. The molecule has 0 saturated heterocycles. The molecule has 0 aliphatic carbocycles. The van der Waals surface area contributed by atoms with Gasteiger partial charge in [-0.05, 0) is 97.7 Å². The fourth-order valence-electron chi connectivity index (χ4n) is 4.54. The Balaban J connectivity index is 1.25. The third-order valence-corrected chi connectivity index (χ3v) is 6.68. The van der Waals surface area contributed by atoms with Crippen molar-refractivity contribution in [1.29, 1.82) is 0 Å². The molecule has 5 nitrogen and oxygen atoms in total. The van der Waals surface area contributed by atoms with E-state index in [-0.39, 0.29) is 12.1 Å². The number of urea groups is 1. The molecule has 4 aromatic rings. The number of fused-ring (bicyclic) bond motifs is 1. The molecule has 1 aliphatic heterocycles. The third kappa shape index (κ3) is 5.54. The van der Waals surface area contributed by atoms with Crippen molar-refractivity contribution in [3.63, 3.8) is 0 Å². The van der Waals surface area contributed by atoms with Gasteiger partial charge < -0.3 is 15.4 Å². The Hall–Kier alpha value is -3.80. The van der Waals surface area contributed by atoms with Gasteiger partial charge in [0.25, 0.3) is 0 Å². The lowest BCUT2D eigenvalue weighted by Gasteiger charge is -2.35. The Morgan fingerprint density at radius 3 is 2.14 bits per heavy atom. The summed E-state index contributed by atoms with van der Waals surface area (Å²) in [6.45, 7) is 2.98. The van der Waals surface area contributed by atoms with Gasteiger partial charge in [0.1, 0.15) is 11.5 Å². The molecule has 6 heteroatoms. The van der Waals surface area contributed by atoms with Gasteiger partial charge in [0.15, 0.2) is 0 Å². The van der Waals surface area contributed by atoms with Gasteiger partial charge >= 0.3 is 6.03 Å². The summed E-state index contributed by atoms with van der Waals surface area (Å²) in [7, 11) is 2.16. The van der Waals surface area contributed by atoms with Crippen LogP contribution < -0.4 is 15.4 Å². The Morgan fingerprint density at radius 1 is 0.861 bits per heavy atom. The van der Waals surface area contributed by atoms with Crippen LogP contribution in [0.3, 0.4) is 0 Å². The number of aryl methyl sites for hydroxylation is 1. The molecule has 2 amide bonds. The molecule has 0 radical (unpaired) electrons. The second kappa shape index (κ2) is 10.4. The summed E-state index contributed by atoms with van der Waals surface area (Å²) in [6, 6.07) is 29.3. The molecule has 2 N–H and O–H groups in total. The summed E-state index contributed by atoms with van der Waals surface area (Å²) in [5.41, 5.74) is 6.38. The lowest BCUT2D eigenvalue weighted by molar-refractivity contribution is 0.262. The zero-order chi connectivity index (χ0) is 25.1. The highest BCUT2D eigenvalue weighted by Crippen LogP contribution is 2.37. The summed E-state index contributed by atoms with van der Waals surface area (Å²) >= 11 is 6.10. The number of nitrogens with zero attached hydrogens (tertiary/aromatic N) is 1. The first-order valence-corrected chi connectivity index (χ1v) is 12.3. The van der Waals surface area contributed by atoms with Crippen molar-refractivity contribution in [3.8, 4) is 11.5 Å². The summed E-state index contributed by atoms with van der Waals surface area (Å²) in [6.07, 6.45) is 0.964. The fourth-order valence-corrected chi connectivity index (χ4v) is 4.67. The quantitative estimate of drug-likeness (QED) is 0.297. The summed E-state index contributed by atoms with van der Waals surface area (Å²) in [5, 5.41) is 6.42. The monoisotopic (exact) mass is 497 g/mol.